The normalized spacial score (nSPS) is 6.86. The van der Waals surface area contributed by atoms with Crippen LogP contribution in [0.3, 0.4) is 0 Å². The fourth-order valence-corrected chi connectivity index (χ4v) is 0.0500. The summed E-state index contributed by atoms with van der Waals surface area (Å²) in [6.45, 7) is 0. The van der Waals surface area contributed by atoms with Crippen LogP contribution in [0.15, 0.2) is 5.29 Å². The fraction of sp³-hybridized carbons (Fsp3) is 0. The lowest BCUT2D eigenvalue weighted by molar-refractivity contribution is -0.776. The first-order valence-electron chi connectivity index (χ1n) is 1.16. The van der Waals surface area contributed by atoms with Crippen molar-refractivity contribution in [3.8, 4) is 0 Å². The zero-order valence-electron chi connectivity index (χ0n) is 3.03. The zero-order chi connectivity index (χ0) is 5.70. The third-order valence-electron chi connectivity index (χ3n) is 0.153. The van der Waals surface area contributed by atoms with Gasteiger partial charge < -0.3 is 0 Å². The van der Waals surface area contributed by atoms with Crippen LogP contribution in [0.4, 0.5) is 0 Å². The molecule has 0 bridgehead atoms. The molecular weight excluding hydrogens is 106 g/mol. The minimum Gasteiger partial charge on any atom is -0.171 e. The van der Waals surface area contributed by atoms with Gasteiger partial charge in [0.1, 0.15) is 0 Å². The van der Waals surface area contributed by atoms with Crippen LogP contribution in [0.25, 0.3) is 0 Å². The summed E-state index contributed by atoms with van der Waals surface area (Å²) in [5.74, 6) is 0. The Morgan fingerprint density at radius 2 is 2.43 bits per heavy atom. The number of nitroso groups, excluding NO2 is 1. The van der Waals surface area contributed by atoms with Crippen molar-refractivity contribution >= 4 is 0 Å². The molecule has 0 aliphatic rings. The first-order chi connectivity index (χ1) is 3.27. The molecule has 40 valence electrons. The largest absolute Gasteiger partial charge is 0.318 e. The van der Waals surface area contributed by atoms with Crippen molar-refractivity contribution in [1.82, 2.24) is 5.59 Å². The molecule has 0 amide bonds. The second-order valence-corrected chi connectivity index (χ2v) is 0.497. The molecule has 0 saturated heterocycles. The molecule has 0 unspecified atom stereocenters. The van der Waals surface area contributed by atoms with Gasteiger partial charge in [0.15, 0.2) is 0 Å². The van der Waals surface area contributed by atoms with E-state index in [4.69, 9.17) is 15.0 Å². The van der Waals surface area contributed by atoms with Gasteiger partial charge in [-0.2, -0.15) is 4.94 Å². The number of hydrogen-bond donors (Lipinski definition) is 1. The molecule has 0 spiro atoms. The summed E-state index contributed by atoms with van der Waals surface area (Å²) < 4.78 is 0. The second-order valence-electron chi connectivity index (χ2n) is 0.497. The summed E-state index contributed by atoms with van der Waals surface area (Å²) in [5, 5.41) is 9.70. The summed E-state index contributed by atoms with van der Waals surface area (Å²) in [5.41, 5.74) is 1.12. The Bertz CT molecular complexity index is 77.0. The maximum absolute atomic E-state index is 9.08. The summed E-state index contributed by atoms with van der Waals surface area (Å²) in [6, 6.07) is 0. The molecule has 0 aromatic rings. The third kappa shape index (κ3) is 4.60. The van der Waals surface area contributed by atoms with Crippen LogP contribution in [0.2, 0.25) is 0 Å². The Hall–Kier alpha value is -1.40. The SMILES string of the molecule is O=NNO[N+](=O)[O-]. The minimum atomic E-state index is -1.19. The van der Waals surface area contributed by atoms with Gasteiger partial charge in [0.2, 0.25) is 0 Å². The quantitative estimate of drug-likeness (QED) is 0.294. The smallest absolute Gasteiger partial charge is 0.171 e. The van der Waals surface area contributed by atoms with Crippen LogP contribution in [0, 0.1) is 15.0 Å². The van der Waals surface area contributed by atoms with Crippen molar-refractivity contribution in [2.45, 2.75) is 0 Å². The molecule has 0 atom stereocenters. The topological polar surface area (TPSA) is 93.8 Å². The predicted octanol–water partition coefficient (Wildman–Crippen LogP) is -0.619. The van der Waals surface area contributed by atoms with Crippen LogP contribution in [-0.2, 0) is 4.94 Å². The first kappa shape index (κ1) is 5.60. The molecule has 1 N–H and O–H groups in total. The van der Waals surface area contributed by atoms with Crippen molar-refractivity contribution in [2.75, 3.05) is 0 Å². The van der Waals surface area contributed by atoms with Crippen LogP contribution in [0.1, 0.15) is 0 Å². The molecule has 0 aromatic heterocycles. The van der Waals surface area contributed by atoms with E-state index in [2.05, 4.69) is 4.94 Å². The highest BCUT2D eigenvalue weighted by Crippen LogP contribution is 1.62. The molecule has 0 saturated carbocycles. The Kier molecular flexibility index (Phi) is 2.25. The van der Waals surface area contributed by atoms with E-state index in [1.165, 1.54) is 0 Å². The highest BCUT2D eigenvalue weighted by atomic mass is 17.0. The molecule has 7 nitrogen and oxygen atoms in total. The van der Waals surface area contributed by atoms with Crippen molar-refractivity contribution < 1.29 is 10.0 Å². The molecule has 0 aromatic carbocycles. The molecule has 0 fully saturated rings. The average Bonchev–Trinajstić information content (AvgIpc) is 1.61. The molecule has 7 heteroatoms. The lowest BCUT2D eigenvalue weighted by Gasteiger charge is -1.84. The molecule has 0 aliphatic carbocycles. The van der Waals surface area contributed by atoms with Crippen molar-refractivity contribution in [3.05, 3.63) is 15.0 Å². The molecule has 7 heavy (non-hydrogen) atoms. The van der Waals surface area contributed by atoms with Crippen LogP contribution in [-0.4, -0.2) is 5.09 Å². The summed E-state index contributed by atoms with van der Waals surface area (Å²) in [7, 11) is 0. The lowest BCUT2D eigenvalue weighted by Crippen LogP contribution is -2.11. The van der Waals surface area contributed by atoms with Gasteiger partial charge >= 0.3 is 5.09 Å². The Labute approximate surface area is 37.3 Å². The number of nitrogens with zero attached hydrogens (tertiary/aromatic N) is 2. The Balaban J connectivity index is 2.97. The molecular formula is HN3O4. The van der Waals surface area contributed by atoms with E-state index in [1.54, 1.807) is 0 Å². The van der Waals surface area contributed by atoms with E-state index >= 15 is 0 Å². The van der Waals surface area contributed by atoms with E-state index in [0.717, 1.165) is 5.59 Å². The van der Waals surface area contributed by atoms with Crippen molar-refractivity contribution in [2.24, 2.45) is 5.29 Å². The van der Waals surface area contributed by atoms with Gasteiger partial charge in [0.05, 0.1) is 5.29 Å². The highest BCUT2D eigenvalue weighted by molar-refractivity contribution is 3.99. The number of hydrogen-bond acceptors (Lipinski definition) is 5. The fourth-order valence-electron chi connectivity index (χ4n) is 0.0500. The van der Waals surface area contributed by atoms with Crippen LogP contribution in [0.5, 0.6) is 0 Å². The first-order valence-corrected chi connectivity index (χ1v) is 1.16. The van der Waals surface area contributed by atoms with Gasteiger partial charge in [0, 0.05) is 0 Å². The minimum absolute atomic E-state index is 1.12. The Morgan fingerprint density at radius 1 is 1.86 bits per heavy atom. The van der Waals surface area contributed by atoms with E-state index < -0.39 is 5.09 Å². The van der Waals surface area contributed by atoms with Gasteiger partial charge in [-0.3, -0.25) is 0 Å². The van der Waals surface area contributed by atoms with Gasteiger partial charge in [-0.05, 0) is 0 Å². The monoisotopic (exact) mass is 107 g/mol. The average molecular weight is 107 g/mol. The predicted molar refractivity (Wildman–Crippen MR) is 17.0 cm³/mol. The van der Waals surface area contributed by atoms with Crippen LogP contribution >= 0.6 is 0 Å². The van der Waals surface area contributed by atoms with Gasteiger partial charge in [-0.25, -0.2) is 0 Å². The maximum Gasteiger partial charge on any atom is 0.318 e. The van der Waals surface area contributed by atoms with Crippen molar-refractivity contribution in [3.63, 3.8) is 0 Å². The van der Waals surface area contributed by atoms with E-state index in [0.29, 0.717) is 0 Å². The summed E-state index contributed by atoms with van der Waals surface area (Å²) in [6.07, 6.45) is 0. The standard InChI is InChI=1S/HN3O4/c4-1-2-7-3(5)6/h(H,2,4). The van der Waals surface area contributed by atoms with Crippen molar-refractivity contribution in [1.29, 1.82) is 0 Å². The molecule has 0 radical (unpaired) electrons. The van der Waals surface area contributed by atoms with E-state index in [1.807, 2.05) is 5.29 Å². The number of rotatable bonds is 3. The van der Waals surface area contributed by atoms with E-state index in [9.17, 15) is 0 Å². The second kappa shape index (κ2) is 2.82. The summed E-state index contributed by atoms with van der Waals surface area (Å²) >= 11 is 0. The maximum atomic E-state index is 9.08. The zero-order valence-corrected chi connectivity index (χ0v) is 3.03. The highest BCUT2D eigenvalue weighted by Gasteiger charge is 1.87. The number of nitrogens with one attached hydrogen (secondary N) is 1. The van der Waals surface area contributed by atoms with Crippen LogP contribution < -0.4 is 5.59 Å². The van der Waals surface area contributed by atoms with Gasteiger partial charge in [0.25, 0.3) is 0 Å². The Morgan fingerprint density at radius 3 is 2.57 bits per heavy atom. The lowest BCUT2D eigenvalue weighted by atomic mass is 12.7. The van der Waals surface area contributed by atoms with Gasteiger partial charge in [-0.1, -0.05) is 0 Å². The summed E-state index contributed by atoms with van der Waals surface area (Å²) in [4.78, 5) is 21.2. The molecule has 0 aliphatic heterocycles. The third-order valence-corrected chi connectivity index (χ3v) is 0.153. The molecule has 0 rings (SSSR count). The van der Waals surface area contributed by atoms with Gasteiger partial charge in [-0.15, -0.1) is 20.6 Å². The van der Waals surface area contributed by atoms with E-state index in [-0.39, 0.29) is 0 Å². The molecule has 0 heterocycles.